The molecule has 0 aliphatic carbocycles. The van der Waals surface area contributed by atoms with Crippen molar-refractivity contribution in [1.82, 2.24) is 9.13 Å². The lowest BCUT2D eigenvalue weighted by Gasteiger charge is -2.43. The van der Waals surface area contributed by atoms with Crippen LogP contribution in [0.25, 0.3) is 86.4 Å². The number of nitrogens with zero attached hydrogens (tertiary/aromatic N) is 4. The molecule has 2 aliphatic rings. The van der Waals surface area contributed by atoms with Gasteiger partial charge in [-0.3, -0.25) is 0 Å². The average molecular weight is 967 g/mol. The molecule has 2 aliphatic heterocycles. The zero-order valence-corrected chi connectivity index (χ0v) is 44.2. The molecule has 362 valence electrons. The Bertz CT molecular complexity index is 4540. The van der Waals surface area contributed by atoms with E-state index in [-0.39, 0.29) is 17.5 Å². The van der Waals surface area contributed by atoms with Crippen LogP contribution in [0, 0.1) is 0 Å². The lowest BCUT2D eigenvalue weighted by Crippen LogP contribution is -2.64. The van der Waals surface area contributed by atoms with Gasteiger partial charge in [-0.1, -0.05) is 175 Å². The van der Waals surface area contributed by atoms with E-state index >= 15 is 0 Å². The Morgan fingerprint density at radius 3 is 1.24 bits per heavy atom. The van der Waals surface area contributed by atoms with Gasteiger partial charge in [0.05, 0.1) is 17.1 Å². The Labute approximate surface area is 439 Å². The van der Waals surface area contributed by atoms with Crippen LogP contribution in [0.2, 0.25) is 0 Å². The Morgan fingerprint density at radius 2 is 0.747 bits per heavy atom. The van der Waals surface area contributed by atoms with Crippen molar-refractivity contribution >= 4 is 144 Å². The summed E-state index contributed by atoms with van der Waals surface area (Å²) in [5, 5.41) is 17.9. The summed E-state index contributed by atoms with van der Waals surface area (Å²) in [6.07, 6.45) is 2.09. The van der Waals surface area contributed by atoms with Crippen LogP contribution in [0.15, 0.2) is 188 Å². The zero-order chi connectivity index (χ0) is 50.8. The smallest absolute Gasteiger partial charge is 0.292 e. The van der Waals surface area contributed by atoms with Crippen LogP contribution in [0.4, 0.5) is 34.1 Å². The molecule has 0 saturated heterocycles. The van der Waals surface area contributed by atoms with Gasteiger partial charge in [0.1, 0.15) is 0 Å². The standard InChI is InChI=1S/C70H59BN4/c1-9-69(3,4)42-33-37-58-56(39-42)65-67(72(58)7)71-64-61(74(65)44-35-36-52-47-23-12-11-21-45(47)46-22-14-16-27-51(46)55(52)41-44)31-20-32-62(64)75(66-57-40-43(70(5,6)10-2)34-38-59(57)73(8)68(66)71)60-30-19-29-54-50-25-15-13-24-48(50)49-26-17-18-28-53(49)63(54)60/h11-41H,9-10H2,1-8H3. The van der Waals surface area contributed by atoms with Gasteiger partial charge in [-0.2, -0.15) is 0 Å². The third-order valence-electron chi connectivity index (χ3n) is 18.6. The quantitative estimate of drug-likeness (QED) is 0.122. The fourth-order valence-electron chi connectivity index (χ4n) is 13.8. The van der Waals surface area contributed by atoms with Gasteiger partial charge in [0, 0.05) is 69.5 Å². The molecule has 0 N–H and O–H groups in total. The molecule has 5 heteroatoms. The van der Waals surface area contributed by atoms with Crippen molar-refractivity contribution in [3.05, 3.63) is 199 Å². The van der Waals surface area contributed by atoms with E-state index < -0.39 is 0 Å². The first-order chi connectivity index (χ1) is 36.5. The van der Waals surface area contributed by atoms with Crippen molar-refractivity contribution in [2.45, 2.75) is 65.2 Å². The fourth-order valence-corrected chi connectivity index (χ4v) is 13.8. The first-order valence-corrected chi connectivity index (χ1v) is 27.1. The van der Waals surface area contributed by atoms with Crippen LogP contribution in [0.1, 0.15) is 65.5 Å². The monoisotopic (exact) mass is 966 g/mol. The number of rotatable bonds is 6. The zero-order valence-electron chi connectivity index (χ0n) is 44.2. The third kappa shape index (κ3) is 5.90. The molecule has 15 rings (SSSR count). The predicted octanol–water partition coefficient (Wildman–Crippen LogP) is 17.0. The highest BCUT2D eigenvalue weighted by molar-refractivity contribution is 7.00. The van der Waals surface area contributed by atoms with Crippen molar-refractivity contribution in [1.29, 1.82) is 0 Å². The van der Waals surface area contributed by atoms with E-state index in [1.807, 2.05) is 0 Å². The Morgan fingerprint density at radius 1 is 0.360 bits per heavy atom. The highest BCUT2D eigenvalue weighted by Gasteiger charge is 2.49. The normalized spacial score (nSPS) is 13.6. The first kappa shape index (κ1) is 44.2. The van der Waals surface area contributed by atoms with Gasteiger partial charge in [-0.25, -0.2) is 0 Å². The SMILES string of the molecule is CCC(C)(C)c1ccc2c(c1)c1c(n2C)B2c3c(cccc3N(c3cccc4c5ccccc5c5ccccc5c34)c3c2n(C)c2ccc(C(C)(C)CC)cc32)N1c1ccc2c3ccccc3c3ccccc3c2c1. The summed E-state index contributed by atoms with van der Waals surface area (Å²) in [6, 6.07) is 72.2. The molecule has 0 spiro atoms. The van der Waals surface area contributed by atoms with Crippen LogP contribution in [-0.2, 0) is 24.9 Å². The summed E-state index contributed by atoms with van der Waals surface area (Å²) in [6.45, 7) is 14.1. The Kier molecular flexibility index (Phi) is 9.22. The minimum atomic E-state index is -0.0912. The molecule has 4 heterocycles. The van der Waals surface area contributed by atoms with Gasteiger partial charge >= 0.3 is 0 Å². The van der Waals surface area contributed by atoms with Gasteiger partial charge in [-0.05, 0) is 154 Å². The molecule has 0 unspecified atom stereocenters. The molecule has 0 amide bonds. The number of benzene rings is 11. The van der Waals surface area contributed by atoms with E-state index in [0.717, 1.165) is 18.5 Å². The van der Waals surface area contributed by atoms with Crippen LogP contribution in [-0.4, -0.2) is 15.8 Å². The summed E-state index contributed by atoms with van der Waals surface area (Å²) in [5.41, 5.74) is 16.5. The van der Waals surface area contributed by atoms with E-state index in [9.17, 15) is 0 Å². The van der Waals surface area contributed by atoms with Crippen molar-refractivity contribution < 1.29 is 0 Å². The molecular weight excluding hydrogens is 908 g/mol. The summed E-state index contributed by atoms with van der Waals surface area (Å²) in [7, 11) is 4.66. The molecule has 13 aromatic rings. The van der Waals surface area contributed by atoms with Gasteiger partial charge < -0.3 is 18.9 Å². The second kappa shape index (κ2) is 15.6. The molecule has 75 heavy (non-hydrogen) atoms. The van der Waals surface area contributed by atoms with Crippen molar-refractivity contribution in [3.8, 4) is 0 Å². The maximum Gasteiger partial charge on any atom is 0.292 e. The average Bonchev–Trinajstić information content (AvgIpc) is 4.00. The Balaban J connectivity index is 1.11. The number of aromatic nitrogens is 2. The highest BCUT2D eigenvalue weighted by Crippen LogP contribution is 2.52. The molecule has 0 fully saturated rings. The van der Waals surface area contributed by atoms with Gasteiger partial charge in [0.2, 0.25) is 0 Å². The molecule has 0 radical (unpaired) electrons. The van der Waals surface area contributed by atoms with Crippen molar-refractivity contribution in [3.63, 3.8) is 0 Å². The number of anilines is 6. The maximum atomic E-state index is 2.69. The molecule has 0 atom stereocenters. The number of hydrogen-bond donors (Lipinski definition) is 0. The van der Waals surface area contributed by atoms with Gasteiger partial charge in [0.15, 0.2) is 0 Å². The summed E-state index contributed by atoms with van der Waals surface area (Å²) >= 11 is 0. The topological polar surface area (TPSA) is 16.3 Å². The number of aryl methyl sites for hydroxylation is 2. The molecular formula is C70H59BN4. The maximum absolute atomic E-state index is 2.69. The van der Waals surface area contributed by atoms with E-state index in [2.05, 4.69) is 263 Å². The third-order valence-corrected chi connectivity index (χ3v) is 18.6. The lowest BCUT2D eigenvalue weighted by atomic mass is 9.36. The van der Waals surface area contributed by atoms with Crippen LogP contribution >= 0.6 is 0 Å². The second-order valence-electron chi connectivity index (χ2n) is 23.0. The van der Waals surface area contributed by atoms with E-state index in [0.29, 0.717) is 0 Å². The van der Waals surface area contributed by atoms with Crippen molar-refractivity contribution in [2.75, 3.05) is 9.80 Å². The predicted molar refractivity (Wildman–Crippen MR) is 325 cm³/mol. The largest absolute Gasteiger partial charge is 0.353 e. The fraction of sp³-hybridized carbons (Fsp3) is 0.171. The minimum absolute atomic E-state index is 0.00328. The molecule has 0 saturated carbocycles. The summed E-state index contributed by atoms with van der Waals surface area (Å²) < 4.78 is 5.11. The Hall–Kier alpha value is -8.28. The van der Waals surface area contributed by atoms with Gasteiger partial charge in [0.25, 0.3) is 6.71 Å². The van der Waals surface area contributed by atoms with E-state index in [4.69, 9.17) is 0 Å². The molecule has 0 bridgehead atoms. The molecule has 2 aromatic heterocycles. The first-order valence-electron chi connectivity index (χ1n) is 27.1. The van der Waals surface area contributed by atoms with Crippen LogP contribution in [0.3, 0.4) is 0 Å². The molecule has 11 aromatic carbocycles. The summed E-state index contributed by atoms with van der Waals surface area (Å²) in [4.78, 5) is 5.34. The van der Waals surface area contributed by atoms with Gasteiger partial charge in [-0.15, -0.1) is 0 Å². The minimum Gasteiger partial charge on any atom is -0.353 e. The second-order valence-corrected chi connectivity index (χ2v) is 23.0. The van der Waals surface area contributed by atoms with Crippen molar-refractivity contribution in [2.24, 2.45) is 14.1 Å². The van der Waals surface area contributed by atoms with E-state index in [1.54, 1.807) is 0 Å². The lowest BCUT2D eigenvalue weighted by molar-refractivity contribution is 0.507. The number of fused-ring (bicyclic) bond motifs is 20. The van der Waals surface area contributed by atoms with Crippen LogP contribution in [0.5, 0.6) is 0 Å². The summed E-state index contributed by atoms with van der Waals surface area (Å²) in [5.74, 6) is 0. The highest BCUT2D eigenvalue weighted by atomic mass is 15.2. The van der Waals surface area contributed by atoms with Crippen LogP contribution < -0.4 is 26.4 Å². The van der Waals surface area contributed by atoms with E-state index in [1.165, 1.54) is 143 Å². The number of hydrogen-bond acceptors (Lipinski definition) is 2. The molecule has 4 nitrogen and oxygen atoms in total.